The Balaban J connectivity index is 1.47. The van der Waals surface area contributed by atoms with Gasteiger partial charge in [0.15, 0.2) is 5.82 Å². The first-order valence-electron chi connectivity index (χ1n) is 7.59. The van der Waals surface area contributed by atoms with Crippen molar-refractivity contribution in [2.24, 2.45) is 0 Å². The number of halogens is 1. The maximum Gasteiger partial charge on any atom is 0.203 e. The van der Waals surface area contributed by atoms with Crippen LogP contribution in [0.1, 0.15) is 6.42 Å². The van der Waals surface area contributed by atoms with Gasteiger partial charge in [-0.1, -0.05) is 0 Å². The van der Waals surface area contributed by atoms with Gasteiger partial charge in [0.1, 0.15) is 12.1 Å². The highest BCUT2D eigenvalue weighted by Crippen LogP contribution is 2.38. The molecule has 2 unspecified atom stereocenters. The van der Waals surface area contributed by atoms with Gasteiger partial charge in [-0.25, -0.2) is 9.97 Å². The molecule has 116 valence electrons. The second kappa shape index (κ2) is 4.89. The molecule has 0 N–H and O–H groups in total. The van der Waals surface area contributed by atoms with Crippen LogP contribution in [-0.4, -0.2) is 49.7 Å². The van der Waals surface area contributed by atoms with Crippen LogP contribution < -0.4 is 9.80 Å². The minimum atomic E-state index is 0.435. The summed E-state index contributed by atoms with van der Waals surface area (Å²) in [7, 11) is 0. The molecule has 2 bridgehead atoms. The Morgan fingerprint density at radius 3 is 2.61 bits per heavy atom. The molecular formula is C15H14BrN7. The molecular weight excluding hydrogens is 358 g/mol. The summed E-state index contributed by atoms with van der Waals surface area (Å²) in [6.45, 7) is 1.89. The molecule has 0 amide bonds. The molecule has 0 spiro atoms. The Hall–Kier alpha value is -2.22. The molecule has 5 rings (SSSR count). The smallest absolute Gasteiger partial charge is 0.203 e. The standard InChI is InChI=1S/C15H14BrN7/c16-12-2-1-3-17-13(12)22-7-11-6-10(22)8-23(11)14-15-20-19-9-21(15)5-4-18-14/h1-5,9-11H,6-8H2. The molecule has 2 aliphatic rings. The lowest BCUT2D eigenvalue weighted by atomic mass is 10.2. The van der Waals surface area contributed by atoms with Gasteiger partial charge < -0.3 is 9.80 Å². The van der Waals surface area contributed by atoms with Gasteiger partial charge in [0.05, 0.1) is 16.6 Å². The third kappa shape index (κ3) is 1.94. The molecule has 0 aromatic carbocycles. The number of hydrogen-bond acceptors (Lipinski definition) is 6. The van der Waals surface area contributed by atoms with Crippen LogP contribution in [0.2, 0.25) is 0 Å². The average Bonchev–Trinajstić information content (AvgIpc) is 3.29. The van der Waals surface area contributed by atoms with Crippen LogP contribution in [0.4, 0.5) is 11.6 Å². The Morgan fingerprint density at radius 1 is 1.04 bits per heavy atom. The first-order valence-corrected chi connectivity index (χ1v) is 8.39. The van der Waals surface area contributed by atoms with Crippen molar-refractivity contribution in [3.05, 3.63) is 41.5 Å². The van der Waals surface area contributed by atoms with Gasteiger partial charge in [-0.05, 0) is 34.5 Å². The van der Waals surface area contributed by atoms with E-state index in [9.17, 15) is 0 Å². The molecule has 3 aromatic rings. The van der Waals surface area contributed by atoms with Crippen LogP contribution in [0.3, 0.4) is 0 Å². The molecule has 0 saturated carbocycles. The van der Waals surface area contributed by atoms with Gasteiger partial charge >= 0.3 is 0 Å². The minimum Gasteiger partial charge on any atom is -0.349 e. The highest BCUT2D eigenvalue weighted by Gasteiger charge is 2.45. The van der Waals surface area contributed by atoms with Crippen LogP contribution in [0, 0.1) is 0 Å². The highest BCUT2D eigenvalue weighted by molar-refractivity contribution is 9.10. The number of rotatable bonds is 2. The lowest BCUT2D eigenvalue weighted by Gasteiger charge is -2.35. The number of aromatic nitrogens is 5. The topological polar surface area (TPSA) is 62.5 Å². The monoisotopic (exact) mass is 371 g/mol. The molecule has 0 radical (unpaired) electrons. The maximum atomic E-state index is 4.55. The zero-order valence-electron chi connectivity index (χ0n) is 12.2. The largest absolute Gasteiger partial charge is 0.349 e. The summed E-state index contributed by atoms with van der Waals surface area (Å²) in [6, 6.07) is 4.88. The third-order valence-electron chi connectivity index (χ3n) is 4.72. The molecule has 2 aliphatic heterocycles. The van der Waals surface area contributed by atoms with Crippen molar-refractivity contribution < 1.29 is 0 Å². The van der Waals surface area contributed by atoms with E-state index in [0.29, 0.717) is 12.1 Å². The summed E-state index contributed by atoms with van der Waals surface area (Å²) in [5.41, 5.74) is 0.825. The van der Waals surface area contributed by atoms with Crippen LogP contribution in [0.5, 0.6) is 0 Å². The SMILES string of the molecule is Brc1cccnc1N1CC2CC1CN2c1nccn2cnnc12. The van der Waals surface area contributed by atoms with Crippen molar-refractivity contribution in [1.29, 1.82) is 0 Å². The Kier molecular flexibility index (Phi) is 2.81. The van der Waals surface area contributed by atoms with Crippen LogP contribution in [0.15, 0.2) is 41.5 Å². The predicted octanol–water partition coefficient (Wildman–Crippen LogP) is 1.75. The summed E-state index contributed by atoms with van der Waals surface area (Å²) < 4.78 is 2.97. The van der Waals surface area contributed by atoms with Gasteiger partial charge in [-0.2, -0.15) is 0 Å². The van der Waals surface area contributed by atoms with Crippen molar-refractivity contribution in [2.75, 3.05) is 22.9 Å². The fourth-order valence-electron chi connectivity index (χ4n) is 3.72. The molecule has 2 atom stereocenters. The molecule has 5 heterocycles. The fraction of sp³-hybridized carbons (Fsp3) is 0.333. The van der Waals surface area contributed by atoms with Gasteiger partial charge in [0.2, 0.25) is 5.65 Å². The molecule has 23 heavy (non-hydrogen) atoms. The zero-order chi connectivity index (χ0) is 15.4. The Morgan fingerprint density at radius 2 is 1.83 bits per heavy atom. The van der Waals surface area contributed by atoms with E-state index in [0.717, 1.165) is 41.3 Å². The van der Waals surface area contributed by atoms with Gasteiger partial charge in [-0.3, -0.25) is 4.40 Å². The molecule has 8 heteroatoms. The fourth-order valence-corrected chi connectivity index (χ4v) is 4.21. The summed E-state index contributed by atoms with van der Waals surface area (Å²) >= 11 is 3.61. The quantitative estimate of drug-likeness (QED) is 0.683. The average molecular weight is 372 g/mol. The minimum absolute atomic E-state index is 0.435. The van der Waals surface area contributed by atoms with E-state index >= 15 is 0 Å². The lowest BCUT2D eigenvalue weighted by molar-refractivity contribution is 0.634. The van der Waals surface area contributed by atoms with E-state index in [2.05, 4.69) is 45.9 Å². The van der Waals surface area contributed by atoms with Crippen molar-refractivity contribution in [3.63, 3.8) is 0 Å². The van der Waals surface area contributed by atoms with Crippen molar-refractivity contribution >= 4 is 33.2 Å². The molecule has 2 saturated heterocycles. The first kappa shape index (κ1) is 13.2. The zero-order valence-corrected chi connectivity index (χ0v) is 13.8. The summed E-state index contributed by atoms with van der Waals surface area (Å²) in [4.78, 5) is 13.9. The summed E-state index contributed by atoms with van der Waals surface area (Å²) in [5, 5.41) is 8.20. The van der Waals surface area contributed by atoms with Crippen molar-refractivity contribution in [2.45, 2.75) is 18.5 Å². The van der Waals surface area contributed by atoms with Gasteiger partial charge in [0.25, 0.3) is 0 Å². The van der Waals surface area contributed by atoms with E-state index in [1.165, 1.54) is 0 Å². The number of hydrogen-bond donors (Lipinski definition) is 0. The van der Waals surface area contributed by atoms with Crippen LogP contribution >= 0.6 is 15.9 Å². The normalized spacial score (nSPS) is 23.2. The number of pyridine rings is 1. The number of anilines is 2. The molecule has 0 aliphatic carbocycles. The number of fused-ring (bicyclic) bond motifs is 3. The van der Waals surface area contributed by atoms with E-state index in [1.54, 1.807) is 6.33 Å². The van der Waals surface area contributed by atoms with Crippen molar-refractivity contribution in [3.8, 4) is 0 Å². The highest BCUT2D eigenvalue weighted by atomic mass is 79.9. The van der Waals surface area contributed by atoms with Crippen LogP contribution in [0.25, 0.3) is 5.65 Å². The van der Waals surface area contributed by atoms with Crippen molar-refractivity contribution in [1.82, 2.24) is 24.6 Å². The number of piperazine rings is 1. The van der Waals surface area contributed by atoms with Crippen LogP contribution in [-0.2, 0) is 0 Å². The Bertz CT molecular complexity index is 879. The molecule has 3 aromatic heterocycles. The number of nitrogens with zero attached hydrogens (tertiary/aromatic N) is 7. The van der Waals surface area contributed by atoms with E-state index in [1.807, 2.05) is 35.1 Å². The molecule has 7 nitrogen and oxygen atoms in total. The third-order valence-corrected chi connectivity index (χ3v) is 5.34. The molecule has 2 fully saturated rings. The predicted molar refractivity (Wildman–Crippen MR) is 89.6 cm³/mol. The second-order valence-corrected chi connectivity index (χ2v) is 6.82. The van der Waals surface area contributed by atoms with Gasteiger partial charge in [0, 0.05) is 31.7 Å². The Labute approximate surface area is 141 Å². The summed E-state index contributed by atoms with van der Waals surface area (Å²) in [5.74, 6) is 1.96. The second-order valence-electron chi connectivity index (χ2n) is 5.97. The summed E-state index contributed by atoms with van der Waals surface area (Å²) in [6.07, 6.45) is 8.38. The van der Waals surface area contributed by atoms with E-state index < -0.39 is 0 Å². The lowest BCUT2D eigenvalue weighted by Crippen LogP contribution is -2.47. The van der Waals surface area contributed by atoms with Gasteiger partial charge in [-0.15, -0.1) is 10.2 Å². The first-order chi connectivity index (χ1) is 11.3. The maximum absolute atomic E-state index is 4.55. The van der Waals surface area contributed by atoms with E-state index in [-0.39, 0.29) is 0 Å². The van der Waals surface area contributed by atoms with E-state index in [4.69, 9.17) is 0 Å².